The third-order valence-corrected chi connectivity index (χ3v) is 7.63. The molecule has 0 amide bonds. The van der Waals surface area contributed by atoms with Crippen LogP contribution in [0.4, 0.5) is 31.8 Å². The van der Waals surface area contributed by atoms with Gasteiger partial charge in [0.1, 0.15) is 17.9 Å². The molecule has 0 aliphatic carbocycles. The molecule has 2 atom stereocenters. The molecule has 0 radical (unpaired) electrons. The quantitative estimate of drug-likeness (QED) is 0.504. The van der Waals surface area contributed by atoms with Crippen LogP contribution >= 0.6 is 0 Å². The van der Waals surface area contributed by atoms with Crippen molar-refractivity contribution < 1.29 is 19.0 Å². The van der Waals surface area contributed by atoms with Gasteiger partial charge in [-0.1, -0.05) is 0 Å². The first-order chi connectivity index (χ1) is 17.6. The lowest BCUT2D eigenvalue weighted by Crippen LogP contribution is -2.31. The van der Waals surface area contributed by atoms with Gasteiger partial charge in [0.15, 0.2) is 0 Å². The summed E-state index contributed by atoms with van der Waals surface area (Å²) in [6.07, 6.45) is -1.96. The number of fused-ring (bicyclic) bond motifs is 2. The van der Waals surface area contributed by atoms with Gasteiger partial charge in [-0.05, 0) is 56.9 Å². The third-order valence-electron chi connectivity index (χ3n) is 7.63. The van der Waals surface area contributed by atoms with E-state index < -0.39 is 18.8 Å². The van der Waals surface area contributed by atoms with Crippen LogP contribution < -0.4 is 20.3 Å². The van der Waals surface area contributed by atoms with Gasteiger partial charge in [-0.2, -0.15) is 0 Å². The molecule has 2 N–H and O–H groups in total. The predicted octanol–water partition coefficient (Wildman–Crippen LogP) is 3.61. The Morgan fingerprint density at radius 1 is 1.19 bits per heavy atom. The zero-order chi connectivity index (χ0) is 26.6. The van der Waals surface area contributed by atoms with Gasteiger partial charge in [0.25, 0.3) is 12.0 Å². The normalized spacial score (nSPS) is 18.6. The van der Waals surface area contributed by atoms with E-state index in [9.17, 15) is 23.8 Å². The number of benzene rings is 1. The number of aromatic nitrogens is 2. The van der Waals surface area contributed by atoms with Crippen LogP contribution in [-0.4, -0.2) is 58.8 Å². The molecule has 1 saturated heterocycles. The summed E-state index contributed by atoms with van der Waals surface area (Å²) in [6, 6.07) is 6.95. The van der Waals surface area contributed by atoms with Crippen molar-refractivity contribution in [3.63, 3.8) is 0 Å². The van der Waals surface area contributed by atoms with Crippen LogP contribution in [0.3, 0.4) is 0 Å². The number of aliphatic hydroxyl groups excluding tert-OH is 2. The Morgan fingerprint density at radius 3 is 2.59 bits per heavy atom. The Balaban J connectivity index is 1.74. The molecule has 1 unspecified atom stereocenters. The van der Waals surface area contributed by atoms with Gasteiger partial charge >= 0.3 is 0 Å². The van der Waals surface area contributed by atoms with Crippen molar-refractivity contribution in [2.75, 3.05) is 41.4 Å². The highest BCUT2D eigenvalue weighted by molar-refractivity contribution is 5.95. The molecule has 37 heavy (non-hydrogen) atoms. The van der Waals surface area contributed by atoms with E-state index in [2.05, 4.69) is 0 Å². The topological polar surface area (TPSA) is 85.1 Å². The minimum absolute atomic E-state index is 0.109. The molecular weight excluding hydrogens is 480 g/mol. The number of hydrogen-bond donors (Lipinski definition) is 2. The predicted molar refractivity (Wildman–Crippen MR) is 141 cm³/mol. The van der Waals surface area contributed by atoms with Crippen LogP contribution in [0, 0.1) is 6.92 Å². The lowest BCUT2D eigenvalue weighted by molar-refractivity contribution is 0.150. The van der Waals surface area contributed by atoms with Crippen molar-refractivity contribution in [2.24, 2.45) is 7.05 Å². The fourth-order valence-corrected chi connectivity index (χ4v) is 5.44. The Hall–Kier alpha value is -3.24. The maximum atomic E-state index is 14.2. The molecule has 1 fully saturated rings. The van der Waals surface area contributed by atoms with Crippen LogP contribution in [0.2, 0.25) is 0 Å². The van der Waals surface area contributed by atoms with Crippen LogP contribution in [0.25, 0.3) is 10.9 Å². The summed E-state index contributed by atoms with van der Waals surface area (Å²) >= 11 is 0. The number of aryl methyl sites for hydroxylation is 3. The Bertz CT molecular complexity index is 1410. The van der Waals surface area contributed by atoms with Gasteiger partial charge in [-0.25, -0.2) is 13.8 Å². The minimum Gasteiger partial charge on any atom is -0.391 e. The number of halogens is 2. The smallest absolute Gasteiger partial charge is 0.265 e. The summed E-state index contributed by atoms with van der Waals surface area (Å²) in [7, 11) is 3.33. The molecule has 0 bridgehead atoms. The van der Waals surface area contributed by atoms with Crippen LogP contribution in [0.15, 0.2) is 29.1 Å². The fourth-order valence-electron chi connectivity index (χ4n) is 5.44. The average molecular weight is 514 g/mol. The number of hydrogen-bond acceptors (Lipinski definition) is 7. The van der Waals surface area contributed by atoms with Crippen LogP contribution in [-0.2, 0) is 13.5 Å². The Labute approximate surface area is 214 Å². The second kappa shape index (κ2) is 9.57. The van der Waals surface area contributed by atoms with Crippen LogP contribution in [0.1, 0.15) is 42.9 Å². The molecule has 2 aliphatic rings. The van der Waals surface area contributed by atoms with E-state index in [1.807, 2.05) is 21.9 Å². The number of pyridine rings is 2. The van der Waals surface area contributed by atoms with Gasteiger partial charge < -0.3 is 29.5 Å². The van der Waals surface area contributed by atoms with Crippen molar-refractivity contribution >= 4 is 33.9 Å². The summed E-state index contributed by atoms with van der Waals surface area (Å²) in [5, 5.41) is 21.0. The van der Waals surface area contributed by atoms with E-state index in [0.717, 1.165) is 17.4 Å². The monoisotopic (exact) mass is 513 g/mol. The molecule has 10 heteroatoms. The van der Waals surface area contributed by atoms with Crippen LogP contribution in [0.5, 0.6) is 0 Å². The lowest BCUT2D eigenvalue weighted by Gasteiger charge is -2.35. The first-order valence-corrected chi connectivity index (χ1v) is 12.6. The summed E-state index contributed by atoms with van der Waals surface area (Å²) in [4.78, 5) is 23.2. The van der Waals surface area contributed by atoms with Gasteiger partial charge in [0, 0.05) is 67.7 Å². The van der Waals surface area contributed by atoms with Gasteiger partial charge in [0.05, 0.1) is 11.6 Å². The summed E-state index contributed by atoms with van der Waals surface area (Å²) in [5.41, 5.74) is 2.87. The van der Waals surface area contributed by atoms with E-state index >= 15 is 0 Å². The van der Waals surface area contributed by atoms with Crippen molar-refractivity contribution in [1.29, 1.82) is 0 Å². The largest absolute Gasteiger partial charge is 0.391 e. The number of nitrogens with zero attached hydrogens (tertiary/aromatic N) is 5. The molecular formula is C27H33F2N5O3. The Morgan fingerprint density at radius 2 is 1.95 bits per heavy atom. The van der Waals surface area contributed by atoms with Gasteiger partial charge in [-0.3, -0.25) is 4.79 Å². The van der Waals surface area contributed by atoms with Gasteiger partial charge in [-0.15, -0.1) is 0 Å². The number of alkyl halides is 2. The number of aliphatic hydroxyl groups is 2. The summed E-state index contributed by atoms with van der Waals surface area (Å²) in [6.45, 7) is 4.97. The summed E-state index contributed by atoms with van der Waals surface area (Å²) < 4.78 is 30.1. The van der Waals surface area contributed by atoms with Gasteiger partial charge in [0.2, 0.25) is 0 Å². The second-order valence-corrected chi connectivity index (χ2v) is 10.2. The second-order valence-electron chi connectivity index (χ2n) is 10.2. The highest BCUT2D eigenvalue weighted by Gasteiger charge is 2.29. The van der Waals surface area contributed by atoms with Crippen molar-refractivity contribution in [1.82, 2.24) is 9.55 Å². The number of rotatable bonds is 5. The first kappa shape index (κ1) is 25.4. The van der Waals surface area contributed by atoms with Crippen molar-refractivity contribution in [3.05, 3.63) is 51.3 Å². The highest BCUT2D eigenvalue weighted by atomic mass is 19.3. The molecule has 1 aromatic carbocycles. The molecule has 8 nitrogen and oxygen atoms in total. The van der Waals surface area contributed by atoms with Crippen molar-refractivity contribution in [3.8, 4) is 0 Å². The van der Waals surface area contributed by atoms with E-state index in [0.29, 0.717) is 66.6 Å². The lowest BCUT2D eigenvalue weighted by atomic mass is 9.97. The van der Waals surface area contributed by atoms with E-state index in [1.54, 1.807) is 38.6 Å². The average Bonchev–Trinajstić information content (AvgIpc) is 3.31. The standard InChI is InChI=1S/C27H33F2N5O3/c1-15-10-20-23(32(4)27(15)37)13-24(33-9-7-18(36)14-33)30-26(20)34-8-5-6-17-11-22(31(3)16(2)35)19(25(28)29)12-21(17)34/h10-13,16,18,25,35-36H,5-9,14H2,1-4H3/t16?,18-/m0/s1. The third kappa shape index (κ3) is 4.42. The zero-order valence-electron chi connectivity index (χ0n) is 21.6. The van der Waals surface area contributed by atoms with E-state index in [4.69, 9.17) is 4.98 Å². The Kier molecular flexibility index (Phi) is 6.57. The zero-order valence-corrected chi connectivity index (χ0v) is 21.6. The number of β-amino-alcohol motifs (C(OH)–C–C–N with tert-alkyl or cyclic N) is 1. The maximum absolute atomic E-state index is 14.2. The van der Waals surface area contributed by atoms with E-state index in [-0.39, 0.29) is 11.1 Å². The molecule has 4 heterocycles. The molecule has 2 aromatic heterocycles. The summed E-state index contributed by atoms with van der Waals surface area (Å²) in [5.74, 6) is 1.25. The molecule has 198 valence electrons. The molecule has 5 rings (SSSR count). The molecule has 0 spiro atoms. The molecule has 0 saturated carbocycles. The SMILES string of the molecule is Cc1cc2c(N3CCCc4cc(N(C)C(C)O)c(C(F)F)cc43)nc(N3CC[C@H](O)C3)cc2n(C)c1=O. The highest BCUT2D eigenvalue weighted by Crippen LogP contribution is 2.43. The minimum atomic E-state index is -2.73. The van der Waals surface area contributed by atoms with E-state index in [1.165, 1.54) is 11.0 Å². The van der Waals surface area contributed by atoms with Crippen molar-refractivity contribution in [2.45, 2.75) is 51.9 Å². The number of anilines is 4. The molecule has 3 aromatic rings. The first-order valence-electron chi connectivity index (χ1n) is 12.6. The maximum Gasteiger partial charge on any atom is 0.265 e. The fraction of sp³-hybridized carbons (Fsp3) is 0.481. The molecule has 2 aliphatic heterocycles.